The lowest BCUT2D eigenvalue weighted by Gasteiger charge is -2.29. The fraction of sp³-hybridized carbons (Fsp3) is 0.353. The van der Waals surface area contributed by atoms with E-state index in [0.717, 1.165) is 25.2 Å². The van der Waals surface area contributed by atoms with Crippen LogP contribution in [0.1, 0.15) is 41.6 Å². The molecule has 0 aromatic heterocycles. The molecule has 0 aliphatic carbocycles. The maximum absolute atomic E-state index is 13.6. The number of carbonyl (C=O) groups excluding carboxylic acids is 2. The standard InChI is InChI=1S/C34H38N2O7/c1-3-42-29-21-25(10-13-28(29)37)31-30(33(39)34(40)36(31)15-7-14-35-16-18-41-19-17-35)32(38)27-12-11-26(20-23(27)2)43-22-24-8-5-4-6-9-24/h4-6,8-13,20-21,31,37-38H,3,7,14-19,22H2,1-2H3/b32-30+/t31-/m1/s1. The normalized spacial score (nSPS) is 18.7. The number of aromatic hydroxyl groups is 1. The number of hydrogen-bond acceptors (Lipinski definition) is 8. The number of phenolic OH excluding ortho intramolecular Hbond substituents is 1. The number of benzene rings is 3. The van der Waals surface area contributed by atoms with Crippen molar-refractivity contribution in [2.75, 3.05) is 46.0 Å². The van der Waals surface area contributed by atoms with Gasteiger partial charge in [-0.25, -0.2) is 0 Å². The Balaban J connectivity index is 1.46. The third kappa shape index (κ3) is 6.84. The molecular formula is C34H38N2O7. The largest absolute Gasteiger partial charge is 0.507 e. The van der Waals surface area contributed by atoms with Crippen LogP contribution < -0.4 is 9.47 Å². The Kier molecular flexibility index (Phi) is 9.64. The zero-order valence-electron chi connectivity index (χ0n) is 24.6. The molecule has 2 saturated heterocycles. The third-order valence-corrected chi connectivity index (χ3v) is 7.82. The van der Waals surface area contributed by atoms with E-state index in [9.17, 15) is 19.8 Å². The van der Waals surface area contributed by atoms with Crippen LogP contribution in [0, 0.1) is 6.92 Å². The van der Waals surface area contributed by atoms with Gasteiger partial charge < -0.3 is 29.3 Å². The summed E-state index contributed by atoms with van der Waals surface area (Å²) in [6.07, 6.45) is 0.645. The summed E-state index contributed by atoms with van der Waals surface area (Å²) < 4.78 is 17.0. The van der Waals surface area contributed by atoms with Gasteiger partial charge in [0, 0.05) is 31.7 Å². The van der Waals surface area contributed by atoms with E-state index in [1.165, 1.54) is 11.0 Å². The van der Waals surface area contributed by atoms with Gasteiger partial charge >= 0.3 is 0 Å². The first-order valence-electron chi connectivity index (χ1n) is 14.7. The average molecular weight is 587 g/mol. The van der Waals surface area contributed by atoms with Crippen LogP contribution >= 0.6 is 0 Å². The van der Waals surface area contributed by atoms with Gasteiger partial charge in [0.15, 0.2) is 11.5 Å². The minimum absolute atomic E-state index is 0.00515. The fourth-order valence-electron chi connectivity index (χ4n) is 5.60. The molecule has 2 heterocycles. The van der Waals surface area contributed by atoms with Crippen LogP contribution in [0.3, 0.4) is 0 Å². The molecule has 1 amide bonds. The van der Waals surface area contributed by atoms with Crippen molar-refractivity contribution in [3.63, 3.8) is 0 Å². The second-order valence-corrected chi connectivity index (χ2v) is 10.7. The predicted octanol–water partition coefficient (Wildman–Crippen LogP) is 4.82. The van der Waals surface area contributed by atoms with Crippen LogP contribution in [0.5, 0.6) is 17.2 Å². The molecule has 1 atom stereocenters. The van der Waals surface area contributed by atoms with Crippen LogP contribution in [0.15, 0.2) is 72.3 Å². The average Bonchev–Trinajstić information content (AvgIpc) is 3.27. The number of aliphatic hydroxyl groups excluding tert-OH is 1. The summed E-state index contributed by atoms with van der Waals surface area (Å²) in [6.45, 7) is 8.41. The molecule has 0 saturated carbocycles. The van der Waals surface area contributed by atoms with Gasteiger partial charge in [0.1, 0.15) is 18.1 Å². The van der Waals surface area contributed by atoms with E-state index in [1.807, 2.05) is 37.3 Å². The number of amides is 1. The second-order valence-electron chi connectivity index (χ2n) is 10.7. The molecule has 0 unspecified atom stereocenters. The van der Waals surface area contributed by atoms with Gasteiger partial charge in [0.25, 0.3) is 11.7 Å². The van der Waals surface area contributed by atoms with Crippen molar-refractivity contribution >= 4 is 17.4 Å². The van der Waals surface area contributed by atoms with Gasteiger partial charge in [0.2, 0.25) is 0 Å². The van der Waals surface area contributed by atoms with E-state index in [0.29, 0.717) is 61.8 Å². The number of nitrogens with zero attached hydrogens (tertiary/aromatic N) is 2. The van der Waals surface area contributed by atoms with Crippen molar-refractivity contribution in [3.05, 3.63) is 94.6 Å². The summed E-state index contributed by atoms with van der Waals surface area (Å²) in [7, 11) is 0. The van der Waals surface area contributed by atoms with E-state index >= 15 is 0 Å². The van der Waals surface area contributed by atoms with Crippen LogP contribution in [-0.2, 0) is 20.9 Å². The summed E-state index contributed by atoms with van der Waals surface area (Å²) in [5.41, 5.74) is 2.73. The SMILES string of the molecule is CCOc1cc([C@@H]2/C(=C(\O)c3ccc(OCc4ccccc4)cc3C)C(=O)C(=O)N2CCCN2CCOCC2)ccc1O. The molecular weight excluding hydrogens is 548 g/mol. The minimum atomic E-state index is -0.849. The topological polar surface area (TPSA) is 109 Å². The quantitative estimate of drug-likeness (QED) is 0.187. The van der Waals surface area contributed by atoms with Crippen LogP contribution in [0.2, 0.25) is 0 Å². The van der Waals surface area contributed by atoms with Crippen molar-refractivity contribution in [1.29, 1.82) is 0 Å². The molecule has 3 aromatic rings. The number of likely N-dealkylation sites (tertiary alicyclic amines) is 1. The highest BCUT2D eigenvalue weighted by molar-refractivity contribution is 6.46. The predicted molar refractivity (Wildman–Crippen MR) is 162 cm³/mol. The first-order chi connectivity index (χ1) is 20.9. The van der Waals surface area contributed by atoms with Gasteiger partial charge in [-0.05, 0) is 67.3 Å². The summed E-state index contributed by atoms with van der Waals surface area (Å²) in [4.78, 5) is 30.8. The summed E-state index contributed by atoms with van der Waals surface area (Å²) in [6, 6.07) is 19.0. The molecule has 43 heavy (non-hydrogen) atoms. The smallest absolute Gasteiger partial charge is 0.295 e. The molecule has 2 aliphatic heterocycles. The monoisotopic (exact) mass is 586 g/mol. The van der Waals surface area contributed by atoms with Crippen molar-refractivity contribution in [1.82, 2.24) is 9.80 Å². The molecule has 2 aliphatic rings. The van der Waals surface area contributed by atoms with Crippen LogP contribution in [-0.4, -0.2) is 77.7 Å². The zero-order valence-corrected chi connectivity index (χ0v) is 24.6. The fourth-order valence-corrected chi connectivity index (χ4v) is 5.60. The number of Topliss-reactive ketones (excluding diaryl/α,β-unsaturated/α-hetero) is 1. The Labute approximate surface area is 251 Å². The Bertz CT molecular complexity index is 1480. The lowest BCUT2D eigenvalue weighted by atomic mass is 9.93. The van der Waals surface area contributed by atoms with Gasteiger partial charge in [-0.2, -0.15) is 0 Å². The number of ketones is 1. The van der Waals surface area contributed by atoms with E-state index in [1.54, 1.807) is 37.3 Å². The van der Waals surface area contributed by atoms with Crippen molar-refractivity contribution in [2.24, 2.45) is 0 Å². The molecule has 0 spiro atoms. The number of carbonyl (C=O) groups is 2. The van der Waals surface area contributed by atoms with Gasteiger partial charge in [-0.1, -0.05) is 36.4 Å². The Hall–Kier alpha value is -4.34. The molecule has 226 valence electrons. The number of aliphatic hydroxyl groups is 1. The maximum atomic E-state index is 13.6. The first-order valence-corrected chi connectivity index (χ1v) is 14.7. The molecule has 0 bridgehead atoms. The van der Waals surface area contributed by atoms with Crippen molar-refractivity contribution in [2.45, 2.75) is 32.9 Å². The van der Waals surface area contributed by atoms with Crippen LogP contribution in [0.25, 0.3) is 5.76 Å². The van der Waals surface area contributed by atoms with E-state index in [4.69, 9.17) is 14.2 Å². The number of aryl methyl sites for hydroxylation is 1. The zero-order chi connectivity index (χ0) is 30.3. The van der Waals surface area contributed by atoms with Gasteiger partial charge in [-0.15, -0.1) is 0 Å². The molecule has 9 heteroatoms. The first kappa shape index (κ1) is 30.1. The highest BCUT2D eigenvalue weighted by Crippen LogP contribution is 2.42. The van der Waals surface area contributed by atoms with E-state index < -0.39 is 17.7 Å². The number of rotatable bonds is 11. The molecule has 5 rings (SSSR count). The molecule has 0 radical (unpaired) electrons. The number of phenols is 1. The van der Waals surface area contributed by atoms with Gasteiger partial charge in [-0.3, -0.25) is 14.5 Å². The summed E-state index contributed by atoms with van der Waals surface area (Å²) in [5.74, 6) is -0.842. The maximum Gasteiger partial charge on any atom is 0.295 e. The molecule has 9 nitrogen and oxygen atoms in total. The molecule has 3 aromatic carbocycles. The van der Waals surface area contributed by atoms with Crippen molar-refractivity contribution in [3.8, 4) is 17.2 Å². The lowest BCUT2D eigenvalue weighted by Crippen LogP contribution is -2.38. The number of morpholine rings is 1. The van der Waals surface area contributed by atoms with Crippen LogP contribution in [0.4, 0.5) is 0 Å². The lowest BCUT2D eigenvalue weighted by molar-refractivity contribution is -0.140. The Morgan fingerprint density at radius 2 is 1.74 bits per heavy atom. The van der Waals surface area contributed by atoms with Gasteiger partial charge in [0.05, 0.1) is 31.4 Å². The third-order valence-electron chi connectivity index (χ3n) is 7.82. The number of ether oxygens (including phenoxy) is 3. The molecule has 2 fully saturated rings. The second kappa shape index (κ2) is 13.8. The summed E-state index contributed by atoms with van der Waals surface area (Å²) in [5, 5.41) is 22.0. The Morgan fingerprint density at radius 1 is 0.977 bits per heavy atom. The van der Waals surface area contributed by atoms with E-state index in [-0.39, 0.29) is 22.8 Å². The highest BCUT2D eigenvalue weighted by atomic mass is 16.5. The summed E-state index contributed by atoms with van der Waals surface area (Å²) >= 11 is 0. The van der Waals surface area contributed by atoms with E-state index in [2.05, 4.69) is 4.90 Å². The van der Waals surface area contributed by atoms with Crippen molar-refractivity contribution < 1.29 is 34.0 Å². The Morgan fingerprint density at radius 3 is 2.47 bits per heavy atom. The molecule has 2 N–H and O–H groups in total. The minimum Gasteiger partial charge on any atom is -0.507 e. The highest BCUT2D eigenvalue weighted by Gasteiger charge is 2.46. The number of hydrogen-bond donors (Lipinski definition) is 2.